The Morgan fingerprint density at radius 2 is 2.12 bits per heavy atom. The Bertz CT molecular complexity index is 470. The van der Waals surface area contributed by atoms with Gasteiger partial charge in [-0.2, -0.15) is 0 Å². The van der Waals surface area contributed by atoms with Gasteiger partial charge in [-0.25, -0.2) is 17.9 Å². The highest BCUT2D eigenvalue weighted by atomic mass is 79.9. The standard InChI is InChI=1S/C7H9BrN2O4S2/c8-5-1-2-6(15-5)16(13,14)10-4-3-9-7(11)12/h1-2,9-10H,3-4H2,(H,11,12). The van der Waals surface area contributed by atoms with Crippen LogP contribution in [0, 0.1) is 0 Å². The van der Waals surface area contributed by atoms with E-state index in [1.54, 1.807) is 6.07 Å². The van der Waals surface area contributed by atoms with E-state index < -0.39 is 16.1 Å². The molecule has 0 saturated heterocycles. The van der Waals surface area contributed by atoms with E-state index in [9.17, 15) is 13.2 Å². The average molecular weight is 329 g/mol. The molecule has 0 unspecified atom stereocenters. The van der Waals surface area contributed by atoms with Gasteiger partial charge in [-0.1, -0.05) is 0 Å². The molecule has 0 aromatic carbocycles. The van der Waals surface area contributed by atoms with Crippen molar-refractivity contribution in [2.24, 2.45) is 0 Å². The second-order valence-corrected chi connectivity index (χ2v) is 7.15. The van der Waals surface area contributed by atoms with Gasteiger partial charge in [0.2, 0.25) is 10.0 Å². The lowest BCUT2D eigenvalue weighted by atomic mass is 10.7. The fraction of sp³-hybridized carbons (Fsp3) is 0.286. The summed E-state index contributed by atoms with van der Waals surface area (Å²) < 4.78 is 26.4. The van der Waals surface area contributed by atoms with Crippen molar-refractivity contribution in [1.29, 1.82) is 0 Å². The second-order valence-electron chi connectivity index (χ2n) is 2.69. The number of hydrogen-bond acceptors (Lipinski definition) is 4. The molecular weight excluding hydrogens is 320 g/mol. The summed E-state index contributed by atoms with van der Waals surface area (Å²) in [5, 5.41) is 10.3. The lowest BCUT2D eigenvalue weighted by molar-refractivity contribution is 0.194. The summed E-state index contributed by atoms with van der Waals surface area (Å²) in [5.41, 5.74) is 0. The molecule has 0 aliphatic rings. The third-order valence-electron chi connectivity index (χ3n) is 1.51. The zero-order valence-corrected chi connectivity index (χ0v) is 11.2. The van der Waals surface area contributed by atoms with Crippen molar-refractivity contribution < 1.29 is 18.3 Å². The molecule has 1 aromatic rings. The van der Waals surface area contributed by atoms with E-state index in [0.717, 1.165) is 15.1 Å². The number of amides is 1. The van der Waals surface area contributed by atoms with Crippen LogP contribution in [0.5, 0.6) is 0 Å². The Morgan fingerprint density at radius 3 is 2.62 bits per heavy atom. The number of carbonyl (C=O) groups is 1. The summed E-state index contributed by atoms with van der Waals surface area (Å²) in [6, 6.07) is 3.11. The van der Waals surface area contributed by atoms with E-state index in [1.807, 2.05) is 0 Å². The van der Waals surface area contributed by atoms with Crippen molar-refractivity contribution in [2.75, 3.05) is 13.1 Å². The van der Waals surface area contributed by atoms with E-state index >= 15 is 0 Å². The largest absolute Gasteiger partial charge is 0.465 e. The molecule has 1 heterocycles. The van der Waals surface area contributed by atoms with Gasteiger partial charge in [0.05, 0.1) is 3.79 Å². The van der Waals surface area contributed by atoms with E-state index in [0.29, 0.717) is 0 Å². The van der Waals surface area contributed by atoms with Crippen LogP contribution in [0.15, 0.2) is 20.1 Å². The predicted molar refractivity (Wildman–Crippen MR) is 63.2 cm³/mol. The molecule has 0 spiro atoms. The van der Waals surface area contributed by atoms with Gasteiger partial charge in [0, 0.05) is 13.1 Å². The number of halogens is 1. The van der Waals surface area contributed by atoms with Gasteiger partial charge in [0.1, 0.15) is 4.21 Å². The molecule has 0 fully saturated rings. The summed E-state index contributed by atoms with van der Waals surface area (Å²) in [6.45, 7) is 0.0469. The molecule has 1 amide bonds. The summed E-state index contributed by atoms with van der Waals surface area (Å²) in [7, 11) is -3.53. The van der Waals surface area contributed by atoms with Crippen molar-refractivity contribution in [1.82, 2.24) is 10.0 Å². The Balaban J connectivity index is 2.50. The fourth-order valence-electron chi connectivity index (χ4n) is 0.868. The van der Waals surface area contributed by atoms with Crippen molar-refractivity contribution in [3.63, 3.8) is 0 Å². The van der Waals surface area contributed by atoms with Gasteiger partial charge in [0.25, 0.3) is 0 Å². The number of nitrogens with one attached hydrogen (secondary N) is 2. The van der Waals surface area contributed by atoms with Crippen LogP contribution in [-0.2, 0) is 10.0 Å². The summed E-state index contributed by atoms with van der Waals surface area (Å²) in [5.74, 6) is 0. The van der Waals surface area contributed by atoms with Crippen LogP contribution in [0.25, 0.3) is 0 Å². The maximum absolute atomic E-state index is 11.6. The Labute approximate surface area is 105 Å². The van der Waals surface area contributed by atoms with Crippen LogP contribution in [0.4, 0.5) is 4.79 Å². The average Bonchev–Trinajstić information content (AvgIpc) is 2.60. The SMILES string of the molecule is O=C(O)NCCNS(=O)(=O)c1ccc(Br)s1. The highest BCUT2D eigenvalue weighted by Crippen LogP contribution is 2.25. The molecule has 0 saturated carbocycles. The third kappa shape index (κ3) is 4.08. The van der Waals surface area contributed by atoms with Crippen molar-refractivity contribution in [3.8, 4) is 0 Å². The first-order valence-electron chi connectivity index (χ1n) is 4.13. The minimum Gasteiger partial charge on any atom is -0.465 e. The molecule has 90 valence electrons. The van der Waals surface area contributed by atoms with Gasteiger partial charge in [-0.05, 0) is 28.1 Å². The van der Waals surface area contributed by atoms with Crippen LogP contribution in [-0.4, -0.2) is 32.7 Å². The molecule has 0 atom stereocenters. The molecule has 3 N–H and O–H groups in total. The van der Waals surface area contributed by atoms with Crippen molar-refractivity contribution in [3.05, 3.63) is 15.9 Å². The monoisotopic (exact) mass is 328 g/mol. The molecule has 16 heavy (non-hydrogen) atoms. The highest BCUT2D eigenvalue weighted by molar-refractivity contribution is 9.11. The number of hydrogen-bond donors (Lipinski definition) is 3. The predicted octanol–water partition coefficient (Wildman–Crippen LogP) is 1.06. The van der Waals surface area contributed by atoms with Gasteiger partial charge < -0.3 is 10.4 Å². The van der Waals surface area contributed by atoms with Crippen LogP contribution in [0.1, 0.15) is 0 Å². The number of rotatable bonds is 5. The van der Waals surface area contributed by atoms with Crippen LogP contribution < -0.4 is 10.0 Å². The van der Waals surface area contributed by atoms with E-state index in [2.05, 4.69) is 26.0 Å². The Morgan fingerprint density at radius 1 is 1.44 bits per heavy atom. The quantitative estimate of drug-likeness (QED) is 0.704. The third-order valence-corrected chi connectivity index (χ3v) is 5.08. The minimum absolute atomic E-state index is 0.0180. The van der Waals surface area contributed by atoms with E-state index in [1.165, 1.54) is 6.07 Å². The maximum Gasteiger partial charge on any atom is 0.404 e. The summed E-state index contributed by atoms with van der Waals surface area (Å²) in [6.07, 6.45) is -1.18. The first-order valence-corrected chi connectivity index (χ1v) is 7.23. The van der Waals surface area contributed by atoms with Crippen LogP contribution in [0.2, 0.25) is 0 Å². The maximum atomic E-state index is 11.6. The lowest BCUT2D eigenvalue weighted by Gasteiger charge is -2.04. The molecule has 0 radical (unpaired) electrons. The second kappa shape index (κ2) is 5.62. The van der Waals surface area contributed by atoms with Gasteiger partial charge in [-0.3, -0.25) is 0 Å². The smallest absolute Gasteiger partial charge is 0.404 e. The lowest BCUT2D eigenvalue weighted by Crippen LogP contribution is -2.33. The summed E-state index contributed by atoms with van der Waals surface area (Å²) >= 11 is 4.25. The van der Waals surface area contributed by atoms with Gasteiger partial charge >= 0.3 is 6.09 Å². The van der Waals surface area contributed by atoms with Gasteiger partial charge in [-0.15, -0.1) is 11.3 Å². The normalized spacial score (nSPS) is 11.3. The number of carboxylic acid groups (broad SMARTS) is 1. The Kier molecular flexibility index (Phi) is 4.71. The number of sulfonamides is 1. The molecule has 0 aliphatic heterocycles. The van der Waals surface area contributed by atoms with Crippen molar-refractivity contribution in [2.45, 2.75) is 4.21 Å². The van der Waals surface area contributed by atoms with Crippen molar-refractivity contribution >= 4 is 43.4 Å². The molecular formula is C7H9BrN2O4S2. The number of thiophene rings is 1. The topological polar surface area (TPSA) is 95.5 Å². The highest BCUT2D eigenvalue weighted by Gasteiger charge is 2.15. The summed E-state index contributed by atoms with van der Waals surface area (Å²) in [4.78, 5) is 10.1. The molecule has 1 rings (SSSR count). The zero-order chi connectivity index (χ0) is 12.2. The molecule has 1 aromatic heterocycles. The Hall–Kier alpha value is -0.640. The molecule has 9 heteroatoms. The van der Waals surface area contributed by atoms with E-state index in [-0.39, 0.29) is 17.3 Å². The van der Waals surface area contributed by atoms with Gasteiger partial charge in [0.15, 0.2) is 0 Å². The van der Waals surface area contributed by atoms with E-state index in [4.69, 9.17) is 5.11 Å². The molecule has 0 aliphatic carbocycles. The first-order chi connectivity index (χ1) is 7.42. The molecule has 6 nitrogen and oxygen atoms in total. The fourth-order valence-corrected chi connectivity index (χ4v) is 3.95. The minimum atomic E-state index is -3.53. The first kappa shape index (κ1) is 13.4. The molecule has 0 bridgehead atoms. The van der Waals surface area contributed by atoms with Crippen LogP contribution in [0.3, 0.4) is 0 Å². The van der Waals surface area contributed by atoms with Crippen LogP contribution >= 0.6 is 27.3 Å². The zero-order valence-electron chi connectivity index (χ0n) is 7.94.